The molecular formula is C15H17BrOS. The zero-order valence-corrected chi connectivity index (χ0v) is 12.7. The Morgan fingerprint density at radius 3 is 2.50 bits per heavy atom. The highest BCUT2D eigenvalue weighted by Crippen LogP contribution is 2.30. The first kappa shape index (κ1) is 13.8. The molecule has 0 aliphatic carbocycles. The molecule has 0 fully saturated rings. The van der Waals surface area contributed by atoms with E-state index in [-0.39, 0.29) is 12.0 Å². The summed E-state index contributed by atoms with van der Waals surface area (Å²) in [5, 5.41) is 12.5. The smallest absolute Gasteiger partial charge is 0.0657 e. The van der Waals surface area contributed by atoms with Crippen LogP contribution in [-0.2, 0) is 6.42 Å². The summed E-state index contributed by atoms with van der Waals surface area (Å²) in [6, 6.07) is 12.3. The van der Waals surface area contributed by atoms with Gasteiger partial charge in [-0.25, -0.2) is 0 Å². The van der Waals surface area contributed by atoms with Gasteiger partial charge in [-0.1, -0.05) is 37.3 Å². The van der Waals surface area contributed by atoms with Crippen molar-refractivity contribution in [3.05, 3.63) is 56.7 Å². The van der Waals surface area contributed by atoms with Crippen molar-refractivity contribution in [2.45, 2.75) is 31.8 Å². The number of benzene rings is 1. The van der Waals surface area contributed by atoms with Crippen LogP contribution in [0, 0.1) is 0 Å². The van der Waals surface area contributed by atoms with Crippen molar-refractivity contribution in [1.82, 2.24) is 0 Å². The summed E-state index contributed by atoms with van der Waals surface area (Å²) in [4.78, 5) is 1.22. The van der Waals surface area contributed by atoms with E-state index in [9.17, 15) is 5.11 Å². The highest BCUT2D eigenvalue weighted by atomic mass is 79.9. The van der Waals surface area contributed by atoms with Gasteiger partial charge in [0, 0.05) is 21.7 Å². The predicted octanol–water partition coefficient (Wildman–Crippen LogP) is 4.61. The lowest BCUT2D eigenvalue weighted by Crippen LogP contribution is -2.20. The van der Waals surface area contributed by atoms with Crippen LogP contribution < -0.4 is 0 Å². The van der Waals surface area contributed by atoms with E-state index in [4.69, 9.17) is 0 Å². The van der Waals surface area contributed by atoms with Crippen LogP contribution in [0.3, 0.4) is 0 Å². The molecule has 96 valence electrons. The first-order chi connectivity index (χ1) is 8.72. The van der Waals surface area contributed by atoms with Crippen LogP contribution in [0.2, 0.25) is 0 Å². The van der Waals surface area contributed by atoms with Crippen molar-refractivity contribution < 1.29 is 5.11 Å². The van der Waals surface area contributed by atoms with Gasteiger partial charge in [-0.15, -0.1) is 11.3 Å². The van der Waals surface area contributed by atoms with Gasteiger partial charge >= 0.3 is 0 Å². The molecule has 0 aliphatic rings. The van der Waals surface area contributed by atoms with Crippen LogP contribution in [0.1, 0.15) is 29.7 Å². The fourth-order valence-electron chi connectivity index (χ4n) is 2.23. The number of hydrogen-bond acceptors (Lipinski definition) is 2. The number of aliphatic hydroxyl groups excluding tert-OH is 1. The minimum atomic E-state index is -0.327. The van der Waals surface area contributed by atoms with Crippen molar-refractivity contribution in [2.24, 2.45) is 0 Å². The maximum atomic E-state index is 10.4. The van der Waals surface area contributed by atoms with Gasteiger partial charge in [0.15, 0.2) is 0 Å². The lowest BCUT2D eigenvalue weighted by molar-refractivity contribution is 0.141. The number of hydrogen-bond donors (Lipinski definition) is 1. The van der Waals surface area contributed by atoms with Gasteiger partial charge in [0.1, 0.15) is 0 Å². The molecule has 2 rings (SSSR count). The van der Waals surface area contributed by atoms with Gasteiger partial charge in [-0.05, 0) is 39.4 Å². The molecule has 1 heterocycles. The second kappa shape index (κ2) is 6.50. The normalized spacial score (nSPS) is 14.4. The Bertz CT molecular complexity index is 480. The summed E-state index contributed by atoms with van der Waals surface area (Å²) in [5.74, 6) is 0.209. The Balaban J connectivity index is 2.11. The van der Waals surface area contributed by atoms with E-state index in [1.54, 1.807) is 11.3 Å². The maximum Gasteiger partial charge on any atom is 0.0657 e. The predicted molar refractivity (Wildman–Crippen MR) is 81.2 cm³/mol. The molecule has 1 aromatic heterocycles. The van der Waals surface area contributed by atoms with Crippen LogP contribution in [-0.4, -0.2) is 11.2 Å². The van der Waals surface area contributed by atoms with Crippen molar-refractivity contribution in [2.75, 3.05) is 0 Å². The lowest BCUT2D eigenvalue weighted by atomic mass is 9.89. The van der Waals surface area contributed by atoms with Crippen molar-refractivity contribution in [3.63, 3.8) is 0 Å². The quantitative estimate of drug-likeness (QED) is 0.851. The molecule has 0 saturated heterocycles. The molecule has 0 aliphatic heterocycles. The SMILES string of the molecule is CCC(c1ccccc1)C(O)Cc1sccc1Br. The second-order valence-corrected chi connectivity index (χ2v) is 6.24. The van der Waals surface area contributed by atoms with Gasteiger partial charge < -0.3 is 5.11 Å². The number of thiophene rings is 1. The molecule has 0 spiro atoms. The fourth-order valence-corrected chi connectivity index (χ4v) is 3.80. The number of rotatable bonds is 5. The second-order valence-electron chi connectivity index (χ2n) is 4.39. The lowest BCUT2D eigenvalue weighted by Gasteiger charge is -2.21. The molecule has 0 radical (unpaired) electrons. The van der Waals surface area contributed by atoms with Crippen LogP contribution >= 0.6 is 27.3 Å². The molecule has 0 saturated carbocycles. The van der Waals surface area contributed by atoms with Gasteiger partial charge in [0.05, 0.1) is 6.10 Å². The third-order valence-corrected chi connectivity index (χ3v) is 5.17. The summed E-state index contributed by atoms with van der Waals surface area (Å²) in [5.41, 5.74) is 1.22. The van der Waals surface area contributed by atoms with Crippen LogP contribution in [0.15, 0.2) is 46.3 Å². The first-order valence-electron chi connectivity index (χ1n) is 6.17. The number of halogens is 1. The fraction of sp³-hybridized carbons (Fsp3) is 0.333. The van der Waals surface area contributed by atoms with E-state index in [0.29, 0.717) is 6.42 Å². The molecule has 1 nitrogen and oxygen atoms in total. The molecule has 1 N–H and O–H groups in total. The van der Waals surface area contributed by atoms with E-state index in [2.05, 4.69) is 40.4 Å². The molecular weight excluding hydrogens is 308 g/mol. The summed E-state index contributed by atoms with van der Waals surface area (Å²) >= 11 is 5.22. The Morgan fingerprint density at radius 1 is 1.22 bits per heavy atom. The van der Waals surface area contributed by atoms with Gasteiger partial charge in [-0.3, -0.25) is 0 Å². The van der Waals surface area contributed by atoms with Crippen molar-refractivity contribution >= 4 is 27.3 Å². The van der Waals surface area contributed by atoms with Gasteiger partial charge in [0.2, 0.25) is 0 Å². The molecule has 18 heavy (non-hydrogen) atoms. The Morgan fingerprint density at radius 2 is 1.94 bits per heavy atom. The Kier molecular flexibility index (Phi) is 4.98. The van der Waals surface area contributed by atoms with E-state index in [1.165, 1.54) is 10.4 Å². The van der Waals surface area contributed by atoms with E-state index >= 15 is 0 Å². The highest BCUT2D eigenvalue weighted by molar-refractivity contribution is 9.10. The molecule has 0 amide bonds. The third kappa shape index (κ3) is 3.22. The summed E-state index contributed by atoms with van der Waals surface area (Å²) in [6.07, 6.45) is 1.34. The molecule has 2 atom stereocenters. The Labute approximate surface area is 121 Å². The molecule has 0 bridgehead atoms. The monoisotopic (exact) mass is 324 g/mol. The average molecular weight is 325 g/mol. The molecule has 2 aromatic rings. The molecule has 3 heteroatoms. The first-order valence-corrected chi connectivity index (χ1v) is 7.84. The maximum absolute atomic E-state index is 10.4. The minimum Gasteiger partial charge on any atom is -0.392 e. The number of aliphatic hydroxyl groups is 1. The third-order valence-electron chi connectivity index (χ3n) is 3.22. The van der Waals surface area contributed by atoms with E-state index in [0.717, 1.165) is 10.9 Å². The van der Waals surface area contributed by atoms with Crippen molar-refractivity contribution in [3.8, 4) is 0 Å². The zero-order valence-electron chi connectivity index (χ0n) is 10.3. The Hall–Kier alpha value is -0.640. The molecule has 1 aromatic carbocycles. The standard InChI is InChI=1S/C15H17BrOS/c1-2-12(11-6-4-3-5-7-11)14(17)10-15-13(16)8-9-18-15/h3-9,12,14,17H,2,10H2,1H3. The van der Waals surface area contributed by atoms with Crippen LogP contribution in [0.25, 0.3) is 0 Å². The molecule has 2 unspecified atom stereocenters. The minimum absolute atomic E-state index is 0.209. The summed E-state index contributed by atoms with van der Waals surface area (Å²) in [6.45, 7) is 2.13. The topological polar surface area (TPSA) is 20.2 Å². The largest absolute Gasteiger partial charge is 0.392 e. The van der Waals surface area contributed by atoms with Crippen LogP contribution in [0.5, 0.6) is 0 Å². The summed E-state index contributed by atoms with van der Waals surface area (Å²) < 4.78 is 1.11. The van der Waals surface area contributed by atoms with Crippen molar-refractivity contribution in [1.29, 1.82) is 0 Å². The van der Waals surface area contributed by atoms with Crippen LogP contribution in [0.4, 0.5) is 0 Å². The van der Waals surface area contributed by atoms with E-state index in [1.807, 2.05) is 24.3 Å². The highest BCUT2D eigenvalue weighted by Gasteiger charge is 2.20. The van der Waals surface area contributed by atoms with Gasteiger partial charge in [0.25, 0.3) is 0 Å². The van der Waals surface area contributed by atoms with E-state index < -0.39 is 0 Å². The zero-order chi connectivity index (χ0) is 13.0. The average Bonchev–Trinajstić information content (AvgIpc) is 2.77. The van der Waals surface area contributed by atoms with Gasteiger partial charge in [-0.2, -0.15) is 0 Å². The summed E-state index contributed by atoms with van der Waals surface area (Å²) in [7, 11) is 0.